The van der Waals surface area contributed by atoms with E-state index in [0.29, 0.717) is 19.4 Å². The van der Waals surface area contributed by atoms with Crippen molar-refractivity contribution in [1.82, 2.24) is 14.7 Å². The van der Waals surface area contributed by atoms with Gasteiger partial charge in [0, 0.05) is 38.2 Å². The van der Waals surface area contributed by atoms with Crippen LogP contribution < -0.4 is 0 Å². The topological polar surface area (TPSA) is 75.4 Å². The van der Waals surface area contributed by atoms with Crippen molar-refractivity contribution < 1.29 is 14.7 Å². The summed E-state index contributed by atoms with van der Waals surface area (Å²) in [6.45, 7) is 4.69. The number of aromatic nitrogens is 2. The van der Waals surface area contributed by atoms with Crippen LogP contribution in [0, 0.1) is 19.8 Å². The van der Waals surface area contributed by atoms with Crippen LogP contribution in [0.3, 0.4) is 0 Å². The summed E-state index contributed by atoms with van der Waals surface area (Å²) in [5.74, 6) is -1.53. The van der Waals surface area contributed by atoms with Crippen molar-refractivity contribution in [3.63, 3.8) is 0 Å². The molecule has 2 atom stereocenters. The van der Waals surface area contributed by atoms with E-state index in [0.717, 1.165) is 22.5 Å². The summed E-state index contributed by atoms with van der Waals surface area (Å²) < 4.78 is 1.83. The van der Waals surface area contributed by atoms with Crippen LogP contribution in [0.2, 0.25) is 0 Å². The third-order valence-corrected chi connectivity index (χ3v) is 5.47. The Morgan fingerprint density at radius 2 is 1.88 bits per heavy atom. The quantitative estimate of drug-likeness (QED) is 0.893. The number of amides is 1. The maximum atomic E-state index is 12.7. The highest BCUT2D eigenvalue weighted by Gasteiger charge is 2.40. The van der Waals surface area contributed by atoms with Crippen LogP contribution in [0.4, 0.5) is 0 Å². The van der Waals surface area contributed by atoms with Crippen LogP contribution in [-0.2, 0) is 23.1 Å². The van der Waals surface area contributed by atoms with Gasteiger partial charge in [0.1, 0.15) is 0 Å². The number of hydrogen-bond acceptors (Lipinski definition) is 3. The fraction of sp³-hybridized carbons (Fsp3) is 0.450. The first-order chi connectivity index (χ1) is 12.4. The second-order valence-corrected chi connectivity index (χ2v) is 7.03. The predicted molar refractivity (Wildman–Crippen MR) is 97.9 cm³/mol. The summed E-state index contributed by atoms with van der Waals surface area (Å²) in [4.78, 5) is 26.1. The van der Waals surface area contributed by atoms with E-state index in [2.05, 4.69) is 5.10 Å². The lowest BCUT2D eigenvalue weighted by Gasteiger charge is -2.16. The molecule has 1 amide bonds. The Morgan fingerprint density at radius 1 is 1.19 bits per heavy atom. The van der Waals surface area contributed by atoms with Crippen LogP contribution in [0.15, 0.2) is 30.3 Å². The molecule has 1 aromatic heterocycles. The number of carboxylic acids is 1. The largest absolute Gasteiger partial charge is 0.481 e. The van der Waals surface area contributed by atoms with Crippen LogP contribution in [0.1, 0.15) is 34.9 Å². The Hall–Kier alpha value is -2.63. The second-order valence-electron chi connectivity index (χ2n) is 7.03. The number of nitrogens with zero attached hydrogens (tertiary/aromatic N) is 3. The zero-order valence-corrected chi connectivity index (χ0v) is 15.5. The fourth-order valence-electron chi connectivity index (χ4n) is 3.86. The number of benzene rings is 1. The Labute approximate surface area is 153 Å². The molecule has 1 N–H and O–H groups in total. The van der Waals surface area contributed by atoms with Gasteiger partial charge in [-0.1, -0.05) is 30.3 Å². The summed E-state index contributed by atoms with van der Waals surface area (Å²) >= 11 is 0. The SMILES string of the molecule is Cc1nn(C)c(C)c1CCC(=O)N1C[C@H](C(=O)O)[C@@H](c2ccccc2)C1. The lowest BCUT2D eigenvalue weighted by molar-refractivity contribution is -0.141. The molecule has 0 aliphatic carbocycles. The molecule has 0 saturated carbocycles. The average molecular weight is 355 g/mol. The Morgan fingerprint density at radius 3 is 2.46 bits per heavy atom. The Bertz CT molecular complexity index is 813. The molecule has 26 heavy (non-hydrogen) atoms. The summed E-state index contributed by atoms with van der Waals surface area (Å²) in [5, 5.41) is 14.0. The number of carboxylic acid groups (broad SMARTS) is 1. The first-order valence-electron chi connectivity index (χ1n) is 8.93. The second kappa shape index (κ2) is 7.32. The average Bonchev–Trinajstić information content (AvgIpc) is 3.17. The van der Waals surface area contributed by atoms with Crippen molar-refractivity contribution in [2.45, 2.75) is 32.6 Å². The zero-order valence-electron chi connectivity index (χ0n) is 15.5. The van der Waals surface area contributed by atoms with Crippen LogP contribution >= 0.6 is 0 Å². The van der Waals surface area contributed by atoms with Crippen molar-refractivity contribution in [2.75, 3.05) is 13.1 Å². The van der Waals surface area contributed by atoms with E-state index in [1.807, 2.05) is 55.9 Å². The van der Waals surface area contributed by atoms with Gasteiger partial charge in [0.25, 0.3) is 0 Å². The van der Waals surface area contributed by atoms with Gasteiger partial charge in [0.05, 0.1) is 11.6 Å². The van der Waals surface area contributed by atoms with Gasteiger partial charge in [-0.3, -0.25) is 14.3 Å². The van der Waals surface area contributed by atoms with Crippen molar-refractivity contribution in [3.05, 3.63) is 52.8 Å². The molecule has 1 aliphatic heterocycles. The minimum atomic E-state index is -0.840. The number of carbonyl (C=O) groups is 2. The highest BCUT2D eigenvalue weighted by atomic mass is 16.4. The van der Waals surface area contributed by atoms with Crippen molar-refractivity contribution in [3.8, 4) is 0 Å². The molecule has 1 saturated heterocycles. The van der Waals surface area contributed by atoms with Gasteiger partial charge >= 0.3 is 5.97 Å². The molecule has 2 aromatic rings. The minimum absolute atomic E-state index is 0.0114. The van der Waals surface area contributed by atoms with Crippen LogP contribution in [-0.4, -0.2) is 44.8 Å². The van der Waals surface area contributed by atoms with Gasteiger partial charge in [-0.2, -0.15) is 5.10 Å². The molecular formula is C20H25N3O3. The molecule has 0 bridgehead atoms. The number of aliphatic carboxylic acids is 1. The predicted octanol–water partition coefficient (Wildman–Crippen LogP) is 2.30. The Balaban J connectivity index is 1.69. The molecule has 138 valence electrons. The summed E-state index contributed by atoms with van der Waals surface area (Å²) in [6.07, 6.45) is 1.01. The Kier molecular flexibility index (Phi) is 5.11. The summed E-state index contributed by atoms with van der Waals surface area (Å²) in [5.41, 5.74) is 4.11. The molecule has 1 aromatic carbocycles. The first-order valence-corrected chi connectivity index (χ1v) is 8.93. The van der Waals surface area contributed by atoms with E-state index >= 15 is 0 Å². The maximum Gasteiger partial charge on any atom is 0.308 e. The van der Waals surface area contributed by atoms with Gasteiger partial charge in [0.15, 0.2) is 0 Å². The van der Waals surface area contributed by atoms with Crippen LogP contribution in [0.25, 0.3) is 0 Å². The molecule has 0 radical (unpaired) electrons. The van der Waals surface area contributed by atoms with E-state index in [1.165, 1.54) is 0 Å². The summed E-state index contributed by atoms with van der Waals surface area (Å²) in [7, 11) is 1.90. The number of carbonyl (C=O) groups excluding carboxylic acids is 1. The third-order valence-electron chi connectivity index (χ3n) is 5.47. The van der Waals surface area contributed by atoms with E-state index in [-0.39, 0.29) is 18.4 Å². The third kappa shape index (κ3) is 3.49. The first kappa shape index (κ1) is 18.2. The highest BCUT2D eigenvalue weighted by Crippen LogP contribution is 2.33. The van der Waals surface area contributed by atoms with Crippen molar-refractivity contribution >= 4 is 11.9 Å². The lowest BCUT2D eigenvalue weighted by Crippen LogP contribution is -2.30. The van der Waals surface area contributed by atoms with Gasteiger partial charge < -0.3 is 10.0 Å². The standard InChI is InChI=1S/C20H25N3O3/c1-13-16(14(2)22(3)21-13)9-10-19(24)23-11-17(18(12-23)20(25)26)15-7-5-4-6-8-15/h4-8,17-18H,9-12H2,1-3H3,(H,25,26)/t17-,18+/m1/s1. The smallest absolute Gasteiger partial charge is 0.308 e. The van der Waals surface area contributed by atoms with E-state index in [1.54, 1.807) is 4.90 Å². The molecule has 2 heterocycles. The van der Waals surface area contributed by atoms with Gasteiger partial charge in [-0.15, -0.1) is 0 Å². The molecular weight excluding hydrogens is 330 g/mol. The molecule has 6 nitrogen and oxygen atoms in total. The number of likely N-dealkylation sites (tertiary alicyclic amines) is 1. The zero-order chi connectivity index (χ0) is 18.8. The molecule has 1 aliphatic rings. The monoisotopic (exact) mass is 355 g/mol. The normalized spacial score (nSPS) is 19.7. The number of hydrogen-bond donors (Lipinski definition) is 1. The fourth-order valence-corrected chi connectivity index (χ4v) is 3.86. The summed E-state index contributed by atoms with van der Waals surface area (Å²) in [6, 6.07) is 9.61. The maximum absolute atomic E-state index is 12.7. The van der Waals surface area contributed by atoms with E-state index < -0.39 is 11.9 Å². The number of aryl methyl sites for hydroxylation is 2. The molecule has 3 rings (SSSR count). The van der Waals surface area contributed by atoms with Gasteiger partial charge in [0.2, 0.25) is 5.91 Å². The highest BCUT2D eigenvalue weighted by molar-refractivity contribution is 5.80. The van der Waals surface area contributed by atoms with Crippen molar-refractivity contribution in [1.29, 1.82) is 0 Å². The molecule has 0 spiro atoms. The molecule has 1 fully saturated rings. The van der Waals surface area contributed by atoms with Gasteiger partial charge in [-0.25, -0.2) is 0 Å². The van der Waals surface area contributed by atoms with E-state index in [4.69, 9.17) is 0 Å². The lowest BCUT2D eigenvalue weighted by atomic mass is 9.89. The molecule has 0 unspecified atom stereocenters. The molecule has 6 heteroatoms. The minimum Gasteiger partial charge on any atom is -0.481 e. The van der Waals surface area contributed by atoms with Crippen LogP contribution in [0.5, 0.6) is 0 Å². The van der Waals surface area contributed by atoms with Crippen molar-refractivity contribution in [2.24, 2.45) is 13.0 Å². The number of rotatable bonds is 5. The van der Waals surface area contributed by atoms with Gasteiger partial charge in [-0.05, 0) is 31.4 Å². The van der Waals surface area contributed by atoms with E-state index in [9.17, 15) is 14.7 Å².